The third-order valence-corrected chi connectivity index (χ3v) is 6.01. The second kappa shape index (κ2) is 6.88. The number of benzene rings is 1. The Hall–Kier alpha value is -2.13. The summed E-state index contributed by atoms with van der Waals surface area (Å²) in [6, 6.07) is 8.81. The molecule has 0 spiro atoms. The van der Waals surface area contributed by atoms with Crippen LogP contribution in [0.5, 0.6) is 0 Å². The van der Waals surface area contributed by atoms with Gasteiger partial charge in [-0.1, -0.05) is 34.1 Å². The zero-order valence-corrected chi connectivity index (χ0v) is 16.3. The largest absolute Gasteiger partial charge is 0.501 e. The monoisotopic (exact) mass is 440 g/mol. The second-order valence-electron chi connectivity index (χ2n) is 5.98. The van der Waals surface area contributed by atoms with Crippen molar-refractivity contribution >= 4 is 42.6 Å². The van der Waals surface area contributed by atoms with E-state index in [1.807, 2.05) is 6.07 Å². The van der Waals surface area contributed by atoms with E-state index in [0.717, 1.165) is 0 Å². The Morgan fingerprint density at radius 1 is 1.31 bits per heavy atom. The molecule has 0 fully saturated rings. The third-order valence-electron chi connectivity index (χ3n) is 4.13. The lowest BCUT2D eigenvalue weighted by atomic mass is 9.89. The molecule has 1 aromatic heterocycles. The summed E-state index contributed by atoms with van der Waals surface area (Å²) in [6.07, 6.45) is 1.92. The first-order valence-electron chi connectivity index (χ1n) is 7.86. The Labute approximate surface area is 159 Å². The fourth-order valence-corrected chi connectivity index (χ4v) is 4.52. The van der Waals surface area contributed by atoms with Crippen molar-refractivity contribution in [1.82, 2.24) is 9.71 Å². The van der Waals surface area contributed by atoms with Gasteiger partial charge in [0.1, 0.15) is 0 Å². The molecule has 0 radical (unpaired) electrons. The maximum atomic E-state index is 12.7. The van der Waals surface area contributed by atoms with Crippen molar-refractivity contribution in [1.29, 1.82) is 0 Å². The Kier molecular flexibility index (Phi) is 4.94. The van der Waals surface area contributed by atoms with E-state index in [2.05, 4.69) is 25.6 Å². The number of aromatic nitrogens is 1. The Morgan fingerprint density at radius 3 is 2.77 bits per heavy atom. The van der Waals surface area contributed by atoms with Gasteiger partial charge in [0.2, 0.25) is 21.7 Å². The number of carbonyl (C=O) groups excluding carboxylic acids is 1. The van der Waals surface area contributed by atoms with E-state index in [4.69, 9.17) is 4.74 Å². The lowest BCUT2D eigenvalue weighted by Gasteiger charge is -2.25. The van der Waals surface area contributed by atoms with E-state index >= 15 is 0 Å². The predicted molar refractivity (Wildman–Crippen MR) is 100 cm³/mol. The first kappa shape index (κ1) is 18.7. The number of hydrogen-bond donors (Lipinski definition) is 2. The number of para-hydroxylation sites is 1. The molecule has 0 bridgehead atoms. The molecule has 1 aliphatic heterocycles. The number of ketones is 1. The fraction of sp³-hybridized carbons (Fsp3) is 0.294. The number of carbonyl (C=O) groups is 1. The first-order chi connectivity index (χ1) is 12.3. The molecule has 2 N–H and O–H groups in total. The van der Waals surface area contributed by atoms with E-state index in [-0.39, 0.29) is 5.75 Å². The van der Waals surface area contributed by atoms with Crippen LogP contribution in [-0.4, -0.2) is 35.4 Å². The van der Waals surface area contributed by atoms with Crippen molar-refractivity contribution in [3.05, 3.63) is 53.7 Å². The molecule has 2 aromatic rings. The number of alkyl halides is 1. The van der Waals surface area contributed by atoms with Crippen LogP contribution in [-0.2, 0) is 25.2 Å². The molecular formula is C17H17BrN2O5S. The average molecular weight is 441 g/mol. The number of sulfonamides is 1. The number of nitrogens with zero attached hydrogens (tertiary/aromatic N) is 1. The third kappa shape index (κ3) is 3.28. The summed E-state index contributed by atoms with van der Waals surface area (Å²) in [5.74, 6) is -2.07. The molecule has 7 nitrogen and oxygen atoms in total. The molecule has 1 unspecified atom stereocenters. The summed E-state index contributed by atoms with van der Waals surface area (Å²) in [5.41, 5.74) is -0.400. The maximum Gasteiger partial charge on any atom is 0.250 e. The van der Waals surface area contributed by atoms with Crippen LogP contribution in [0.3, 0.4) is 0 Å². The summed E-state index contributed by atoms with van der Waals surface area (Å²) in [7, 11) is -3.75. The van der Waals surface area contributed by atoms with Gasteiger partial charge in [-0.3, -0.25) is 14.5 Å². The van der Waals surface area contributed by atoms with Gasteiger partial charge in [-0.05, 0) is 25.5 Å². The molecule has 0 saturated heterocycles. The van der Waals surface area contributed by atoms with E-state index in [1.54, 1.807) is 24.3 Å². The zero-order chi connectivity index (χ0) is 18.9. The average Bonchev–Trinajstić information content (AvgIpc) is 2.84. The summed E-state index contributed by atoms with van der Waals surface area (Å²) in [4.78, 5) is 16.9. The van der Waals surface area contributed by atoms with Crippen LogP contribution in [0.2, 0.25) is 0 Å². The first-order valence-corrected chi connectivity index (χ1v) is 10.6. The van der Waals surface area contributed by atoms with Crippen molar-refractivity contribution in [3.63, 3.8) is 0 Å². The van der Waals surface area contributed by atoms with Gasteiger partial charge in [0.15, 0.2) is 5.60 Å². The number of rotatable bonds is 6. The normalized spacial score (nSPS) is 20.5. The van der Waals surface area contributed by atoms with Crippen LogP contribution in [0.4, 0.5) is 0 Å². The minimum Gasteiger partial charge on any atom is -0.501 e. The molecule has 26 heavy (non-hydrogen) atoms. The van der Waals surface area contributed by atoms with Crippen LogP contribution in [0.25, 0.3) is 10.9 Å². The van der Waals surface area contributed by atoms with Gasteiger partial charge >= 0.3 is 0 Å². The van der Waals surface area contributed by atoms with E-state index < -0.39 is 33.0 Å². The lowest BCUT2D eigenvalue weighted by molar-refractivity contribution is -0.131. The van der Waals surface area contributed by atoms with Gasteiger partial charge in [-0.25, -0.2) is 8.42 Å². The number of halogens is 1. The molecular weight excluding hydrogens is 424 g/mol. The highest BCUT2D eigenvalue weighted by Crippen LogP contribution is 2.39. The molecule has 1 aromatic carbocycles. The summed E-state index contributed by atoms with van der Waals surface area (Å²) in [5, 5.41) is 11.4. The summed E-state index contributed by atoms with van der Waals surface area (Å²) >= 11 is 3.16. The van der Waals surface area contributed by atoms with Gasteiger partial charge in [0.25, 0.3) is 5.78 Å². The van der Waals surface area contributed by atoms with Gasteiger partial charge in [0, 0.05) is 22.5 Å². The van der Waals surface area contributed by atoms with Gasteiger partial charge < -0.3 is 9.84 Å². The van der Waals surface area contributed by atoms with E-state index in [1.165, 1.54) is 13.1 Å². The molecule has 1 aliphatic rings. The van der Waals surface area contributed by atoms with Gasteiger partial charge in [-0.15, -0.1) is 0 Å². The number of pyridine rings is 1. The zero-order valence-electron chi connectivity index (χ0n) is 13.9. The fourth-order valence-electron chi connectivity index (χ4n) is 2.82. The van der Waals surface area contributed by atoms with Gasteiger partial charge in [-0.2, -0.15) is 0 Å². The number of aliphatic hydroxyl groups excluding tert-OH is 1. The molecule has 3 rings (SSSR count). The molecule has 0 amide bonds. The number of hydrogen-bond acceptors (Lipinski definition) is 6. The second-order valence-corrected chi connectivity index (χ2v) is 8.62. The van der Waals surface area contributed by atoms with E-state index in [9.17, 15) is 18.3 Å². The Bertz CT molecular complexity index is 1000. The molecule has 0 aliphatic carbocycles. The molecule has 9 heteroatoms. The lowest BCUT2D eigenvalue weighted by Crippen LogP contribution is -2.33. The Balaban J connectivity index is 1.97. The van der Waals surface area contributed by atoms with Crippen molar-refractivity contribution in [2.24, 2.45) is 0 Å². The minimum atomic E-state index is -3.75. The summed E-state index contributed by atoms with van der Waals surface area (Å²) < 4.78 is 32.0. The highest BCUT2D eigenvalue weighted by Gasteiger charge is 2.49. The van der Waals surface area contributed by atoms with Crippen LogP contribution in [0.15, 0.2) is 48.2 Å². The van der Waals surface area contributed by atoms with Crippen LogP contribution < -0.4 is 4.72 Å². The topological polar surface area (TPSA) is 106 Å². The highest BCUT2D eigenvalue weighted by atomic mass is 79.9. The smallest absolute Gasteiger partial charge is 0.250 e. The highest BCUT2D eigenvalue weighted by molar-refractivity contribution is 9.09. The maximum absolute atomic E-state index is 12.7. The number of Topliss-reactive ketones (excluding diaryl/α,β-unsaturated/α-hetero) is 1. The SMILES string of the molecule is CC1(c2ccnc3ccccc23)OC(NS(=O)(=O)CCCBr)=C(O)C1=O. The Morgan fingerprint density at radius 2 is 2.04 bits per heavy atom. The molecule has 0 saturated carbocycles. The molecule has 2 heterocycles. The molecule has 1 atom stereocenters. The quantitative estimate of drug-likeness (QED) is 0.668. The van der Waals surface area contributed by atoms with Crippen LogP contribution >= 0.6 is 15.9 Å². The van der Waals surface area contributed by atoms with Gasteiger partial charge in [0.05, 0.1) is 11.3 Å². The summed E-state index contributed by atoms with van der Waals surface area (Å²) in [6.45, 7) is 1.49. The van der Waals surface area contributed by atoms with Crippen molar-refractivity contribution in [2.75, 3.05) is 11.1 Å². The van der Waals surface area contributed by atoms with Crippen molar-refractivity contribution in [2.45, 2.75) is 18.9 Å². The number of fused-ring (bicyclic) bond motifs is 1. The van der Waals surface area contributed by atoms with Crippen molar-refractivity contribution < 1.29 is 23.1 Å². The van der Waals surface area contributed by atoms with E-state index in [0.29, 0.717) is 28.2 Å². The standard InChI is InChI=1S/C17H17BrN2O5S/c1-17(12-7-9-19-13-6-3-2-5-11(12)13)15(22)14(21)16(25-17)20-26(23,24)10-4-8-18/h2-3,5-7,9,20-21H,4,8,10H2,1H3. The minimum absolute atomic E-state index is 0.165. The number of nitrogens with one attached hydrogen (secondary N) is 1. The predicted octanol–water partition coefficient (Wildman–Crippen LogP) is 2.48. The van der Waals surface area contributed by atoms with Crippen LogP contribution in [0, 0.1) is 0 Å². The van der Waals surface area contributed by atoms with Crippen molar-refractivity contribution in [3.8, 4) is 0 Å². The molecule has 138 valence electrons. The van der Waals surface area contributed by atoms with Crippen LogP contribution in [0.1, 0.15) is 18.9 Å². The number of ether oxygens (including phenoxy) is 1. The number of aliphatic hydroxyl groups is 1.